The fraction of sp³-hybridized carbons (Fsp3) is 0.348. The maximum Gasteiger partial charge on any atom is 0.255 e. The Labute approximate surface area is 170 Å². The van der Waals surface area contributed by atoms with Crippen molar-refractivity contribution in [1.82, 2.24) is 20.2 Å². The zero-order valence-corrected chi connectivity index (χ0v) is 17.0. The number of nitrogens with one attached hydrogen (secondary N) is 2. The van der Waals surface area contributed by atoms with Gasteiger partial charge in [0, 0.05) is 12.1 Å². The van der Waals surface area contributed by atoms with Crippen molar-refractivity contribution in [2.24, 2.45) is 5.92 Å². The van der Waals surface area contributed by atoms with E-state index in [0.717, 1.165) is 28.8 Å². The molecule has 2 N–H and O–H groups in total. The highest BCUT2D eigenvalue weighted by Crippen LogP contribution is 2.27. The second-order valence-corrected chi connectivity index (χ2v) is 7.78. The number of imidazole rings is 1. The molecule has 3 aromatic rings. The van der Waals surface area contributed by atoms with Crippen molar-refractivity contribution in [3.8, 4) is 0 Å². The molecule has 0 bridgehead atoms. The number of carbonyl (C=O) groups is 2. The first kappa shape index (κ1) is 19.2. The number of hydrogen-bond donors (Lipinski definition) is 2. The van der Waals surface area contributed by atoms with Gasteiger partial charge in [-0.25, -0.2) is 4.98 Å². The highest BCUT2D eigenvalue weighted by molar-refractivity contribution is 6.01. The Morgan fingerprint density at radius 1 is 1.17 bits per heavy atom. The molecule has 1 aliphatic heterocycles. The summed E-state index contributed by atoms with van der Waals surface area (Å²) in [4.78, 5) is 35.5. The van der Waals surface area contributed by atoms with Gasteiger partial charge in [0.2, 0.25) is 5.91 Å². The van der Waals surface area contributed by atoms with E-state index in [0.29, 0.717) is 12.1 Å². The van der Waals surface area contributed by atoms with Gasteiger partial charge in [0.25, 0.3) is 5.91 Å². The van der Waals surface area contributed by atoms with Crippen LogP contribution in [0.2, 0.25) is 0 Å². The number of fused-ring (bicyclic) bond motifs is 2. The molecule has 1 aliphatic rings. The Morgan fingerprint density at radius 3 is 2.62 bits per heavy atom. The minimum Gasteiger partial charge on any atom is -0.344 e. The third-order valence-electron chi connectivity index (χ3n) is 5.91. The van der Waals surface area contributed by atoms with Crippen LogP contribution in [0.4, 0.5) is 0 Å². The van der Waals surface area contributed by atoms with E-state index in [1.807, 2.05) is 48.5 Å². The van der Waals surface area contributed by atoms with E-state index >= 15 is 0 Å². The lowest BCUT2D eigenvalue weighted by molar-refractivity contribution is -0.126. The maximum atomic E-state index is 13.1. The minimum absolute atomic E-state index is 0.0907. The summed E-state index contributed by atoms with van der Waals surface area (Å²) in [6.45, 7) is 6.43. The van der Waals surface area contributed by atoms with E-state index in [9.17, 15) is 9.59 Å². The highest BCUT2D eigenvalue weighted by atomic mass is 16.2. The van der Waals surface area contributed by atoms with Crippen LogP contribution < -0.4 is 5.32 Å². The molecule has 0 unspecified atom stereocenters. The molecule has 6 heteroatoms. The molecule has 3 atom stereocenters. The topological polar surface area (TPSA) is 78.1 Å². The standard InChI is InChI=1S/C23H26N4O2/c1-4-14(2)20(21-24-18-11-7-8-12-19(18)25-21)26-22(28)15(3)27-13-16-9-5-6-10-17(16)23(27)29/h5-12,14-15,20H,4,13H2,1-3H3,(H,24,25)(H,26,28)/t14-,15+,20-/m0/s1. The van der Waals surface area contributed by atoms with Gasteiger partial charge in [-0.2, -0.15) is 0 Å². The van der Waals surface area contributed by atoms with Crippen LogP contribution in [0.5, 0.6) is 0 Å². The molecule has 150 valence electrons. The molecular weight excluding hydrogens is 364 g/mol. The van der Waals surface area contributed by atoms with Crippen molar-refractivity contribution in [1.29, 1.82) is 0 Å². The molecule has 0 saturated heterocycles. The third-order valence-corrected chi connectivity index (χ3v) is 5.91. The summed E-state index contributed by atoms with van der Waals surface area (Å²) in [5, 5.41) is 3.14. The molecule has 2 amide bonds. The molecule has 2 aromatic carbocycles. The average Bonchev–Trinajstić information content (AvgIpc) is 3.32. The Bertz CT molecular complexity index is 1020. The van der Waals surface area contributed by atoms with E-state index in [1.165, 1.54) is 0 Å². The summed E-state index contributed by atoms with van der Waals surface area (Å²) in [6.07, 6.45) is 0.893. The van der Waals surface area contributed by atoms with Gasteiger partial charge >= 0.3 is 0 Å². The van der Waals surface area contributed by atoms with Gasteiger partial charge in [-0.1, -0.05) is 50.6 Å². The lowest BCUT2D eigenvalue weighted by Gasteiger charge is -2.28. The summed E-state index contributed by atoms with van der Waals surface area (Å²) in [6, 6.07) is 14.5. The molecule has 6 nitrogen and oxygen atoms in total. The first-order valence-corrected chi connectivity index (χ1v) is 10.1. The second kappa shape index (κ2) is 7.70. The van der Waals surface area contributed by atoms with Crippen LogP contribution in [-0.2, 0) is 11.3 Å². The number of hydrogen-bond acceptors (Lipinski definition) is 3. The molecule has 0 aliphatic carbocycles. The zero-order chi connectivity index (χ0) is 20.5. The Hall–Kier alpha value is -3.15. The Morgan fingerprint density at radius 2 is 1.90 bits per heavy atom. The van der Waals surface area contributed by atoms with Crippen molar-refractivity contribution in [3.05, 3.63) is 65.5 Å². The Kier molecular flexibility index (Phi) is 5.09. The van der Waals surface area contributed by atoms with Gasteiger partial charge < -0.3 is 15.2 Å². The predicted molar refractivity (Wildman–Crippen MR) is 112 cm³/mol. The fourth-order valence-corrected chi connectivity index (χ4v) is 3.84. The van der Waals surface area contributed by atoms with E-state index in [2.05, 4.69) is 29.1 Å². The number of aromatic amines is 1. The number of aromatic nitrogens is 2. The monoisotopic (exact) mass is 390 g/mol. The number of nitrogens with zero attached hydrogens (tertiary/aromatic N) is 2. The molecule has 0 saturated carbocycles. The summed E-state index contributed by atoms with van der Waals surface area (Å²) in [7, 11) is 0. The first-order valence-electron chi connectivity index (χ1n) is 10.1. The van der Waals surface area contributed by atoms with Crippen LogP contribution in [0, 0.1) is 5.92 Å². The SMILES string of the molecule is CC[C@H](C)[C@H](NC(=O)[C@@H](C)N1Cc2ccccc2C1=O)c1nc2ccccc2[nH]1. The number of H-pyrrole nitrogens is 1. The van der Waals surface area contributed by atoms with Gasteiger partial charge in [0.05, 0.1) is 17.1 Å². The van der Waals surface area contributed by atoms with Crippen molar-refractivity contribution in [2.75, 3.05) is 0 Å². The molecular formula is C23H26N4O2. The summed E-state index contributed by atoms with van der Waals surface area (Å²) in [5.74, 6) is 0.680. The fourth-order valence-electron chi connectivity index (χ4n) is 3.84. The zero-order valence-electron chi connectivity index (χ0n) is 17.0. The van der Waals surface area contributed by atoms with Crippen molar-refractivity contribution in [3.63, 3.8) is 0 Å². The van der Waals surface area contributed by atoms with Crippen molar-refractivity contribution >= 4 is 22.8 Å². The maximum absolute atomic E-state index is 13.1. The van der Waals surface area contributed by atoms with Gasteiger partial charge in [0.1, 0.15) is 11.9 Å². The first-order chi connectivity index (χ1) is 14.0. The molecule has 4 rings (SSSR count). The number of benzene rings is 2. The number of carbonyl (C=O) groups excluding carboxylic acids is 2. The molecule has 1 aromatic heterocycles. The van der Waals surface area contributed by atoms with E-state index in [4.69, 9.17) is 0 Å². The van der Waals surface area contributed by atoms with Gasteiger partial charge in [-0.15, -0.1) is 0 Å². The van der Waals surface area contributed by atoms with E-state index in [1.54, 1.807) is 11.8 Å². The number of para-hydroxylation sites is 2. The molecule has 0 fully saturated rings. The quantitative estimate of drug-likeness (QED) is 0.672. The number of amides is 2. The lowest BCUT2D eigenvalue weighted by Crippen LogP contribution is -2.47. The van der Waals surface area contributed by atoms with Crippen molar-refractivity contribution in [2.45, 2.75) is 45.8 Å². The van der Waals surface area contributed by atoms with Crippen LogP contribution in [0.3, 0.4) is 0 Å². The van der Waals surface area contributed by atoms with Crippen LogP contribution in [0.25, 0.3) is 11.0 Å². The van der Waals surface area contributed by atoms with Crippen LogP contribution >= 0.6 is 0 Å². The van der Waals surface area contributed by atoms with E-state index < -0.39 is 6.04 Å². The molecule has 0 spiro atoms. The lowest BCUT2D eigenvalue weighted by atomic mass is 9.98. The molecule has 29 heavy (non-hydrogen) atoms. The normalized spacial score (nSPS) is 16.5. The average molecular weight is 390 g/mol. The number of rotatable bonds is 6. The predicted octanol–water partition coefficient (Wildman–Crippen LogP) is 3.81. The molecule has 0 radical (unpaired) electrons. The highest BCUT2D eigenvalue weighted by Gasteiger charge is 2.35. The van der Waals surface area contributed by atoms with Gasteiger partial charge in [-0.05, 0) is 36.6 Å². The van der Waals surface area contributed by atoms with Crippen molar-refractivity contribution < 1.29 is 9.59 Å². The largest absolute Gasteiger partial charge is 0.344 e. The molecule has 2 heterocycles. The van der Waals surface area contributed by atoms with Gasteiger partial charge in [-0.3, -0.25) is 9.59 Å². The smallest absolute Gasteiger partial charge is 0.255 e. The summed E-state index contributed by atoms with van der Waals surface area (Å²) in [5.41, 5.74) is 3.47. The third kappa shape index (κ3) is 3.50. The second-order valence-electron chi connectivity index (χ2n) is 7.78. The van der Waals surface area contributed by atoms with E-state index in [-0.39, 0.29) is 23.8 Å². The summed E-state index contributed by atoms with van der Waals surface area (Å²) < 4.78 is 0. The van der Waals surface area contributed by atoms with Crippen LogP contribution in [0.15, 0.2) is 48.5 Å². The Balaban J connectivity index is 1.55. The minimum atomic E-state index is -0.564. The van der Waals surface area contributed by atoms with Gasteiger partial charge in [0.15, 0.2) is 0 Å². The van der Waals surface area contributed by atoms with Crippen LogP contribution in [-0.4, -0.2) is 32.7 Å². The van der Waals surface area contributed by atoms with Crippen LogP contribution in [0.1, 0.15) is 55.0 Å². The summed E-state index contributed by atoms with van der Waals surface area (Å²) >= 11 is 0.